The van der Waals surface area contributed by atoms with Crippen molar-refractivity contribution in [3.8, 4) is 5.75 Å². The fourth-order valence-electron chi connectivity index (χ4n) is 3.98. The van der Waals surface area contributed by atoms with E-state index in [-0.39, 0.29) is 12.3 Å². The summed E-state index contributed by atoms with van der Waals surface area (Å²) in [5, 5.41) is 12.5. The number of hydrogen-bond acceptors (Lipinski definition) is 5. The van der Waals surface area contributed by atoms with Gasteiger partial charge < -0.3 is 15.2 Å². The first-order valence-electron chi connectivity index (χ1n) is 10.2. The predicted octanol–water partition coefficient (Wildman–Crippen LogP) is 4.06. The van der Waals surface area contributed by atoms with Gasteiger partial charge in [0.2, 0.25) is 5.95 Å². The molecule has 6 nitrogen and oxygen atoms in total. The van der Waals surface area contributed by atoms with Crippen LogP contribution in [0, 0.1) is 0 Å². The number of carbonyl (C=O) groups is 1. The maximum absolute atomic E-state index is 11.4. The van der Waals surface area contributed by atoms with Gasteiger partial charge in [0.1, 0.15) is 5.75 Å². The van der Waals surface area contributed by atoms with Gasteiger partial charge in [-0.05, 0) is 65.6 Å². The summed E-state index contributed by atoms with van der Waals surface area (Å²) >= 11 is 0. The third-order valence-electron chi connectivity index (χ3n) is 5.38. The number of aromatic nitrogens is 2. The van der Waals surface area contributed by atoms with Crippen molar-refractivity contribution >= 4 is 11.9 Å². The topological polar surface area (TPSA) is 84.3 Å². The second-order valence-electron chi connectivity index (χ2n) is 7.51. The molecule has 0 spiro atoms. The Bertz CT molecular complexity index is 1010. The second kappa shape index (κ2) is 9.39. The number of hydrogen-bond donors (Lipinski definition) is 2. The smallest absolute Gasteiger partial charge is 0.303 e. The molecule has 0 saturated heterocycles. The van der Waals surface area contributed by atoms with E-state index in [0.29, 0.717) is 12.6 Å². The largest absolute Gasteiger partial charge is 0.494 e. The Morgan fingerprint density at radius 3 is 2.73 bits per heavy atom. The molecule has 6 heteroatoms. The molecular weight excluding hydrogens is 378 g/mol. The molecule has 1 aliphatic rings. The summed E-state index contributed by atoms with van der Waals surface area (Å²) in [4.78, 5) is 19.7. The Morgan fingerprint density at radius 1 is 1.07 bits per heavy atom. The summed E-state index contributed by atoms with van der Waals surface area (Å²) < 4.78 is 5.96. The Kier molecular flexibility index (Phi) is 6.23. The number of aliphatic carboxylic acids is 1. The molecule has 2 N–H and O–H groups in total. The highest BCUT2D eigenvalue weighted by molar-refractivity contribution is 5.68. The Morgan fingerprint density at radius 2 is 1.90 bits per heavy atom. The van der Waals surface area contributed by atoms with Crippen LogP contribution >= 0.6 is 0 Å². The van der Waals surface area contributed by atoms with Crippen molar-refractivity contribution in [2.24, 2.45) is 0 Å². The number of anilines is 1. The Hall–Kier alpha value is -3.41. The van der Waals surface area contributed by atoms with Crippen LogP contribution in [0.5, 0.6) is 5.75 Å². The van der Waals surface area contributed by atoms with Crippen molar-refractivity contribution in [1.82, 2.24) is 9.97 Å². The molecule has 1 heterocycles. The molecule has 30 heavy (non-hydrogen) atoms. The molecule has 0 bridgehead atoms. The summed E-state index contributed by atoms with van der Waals surface area (Å²) in [6.45, 7) is 1.33. The van der Waals surface area contributed by atoms with Gasteiger partial charge in [-0.25, -0.2) is 9.97 Å². The van der Waals surface area contributed by atoms with Crippen LogP contribution in [0.4, 0.5) is 5.95 Å². The molecule has 0 amide bonds. The molecule has 2 aromatic carbocycles. The lowest BCUT2D eigenvalue weighted by Gasteiger charge is -2.16. The predicted molar refractivity (Wildman–Crippen MR) is 115 cm³/mol. The third-order valence-corrected chi connectivity index (χ3v) is 5.38. The summed E-state index contributed by atoms with van der Waals surface area (Å²) in [5.74, 6) is 0.710. The molecule has 0 aliphatic heterocycles. The van der Waals surface area contributed by atoms with Gasteiger partial charge in [0.25, 0.3) is 0 Å². The van der Waals surface area contributed by atoms with E-state index < -0.39 is 5.97 Å². The molecule has 1 atom stereocenters. The van der Waals surface area contributed by atoms with Gasteiger partial charge in [0, 0.05) is 18.9 Å². The van der Waals surface area contributed by atoms with Crippen LogP contribution < -0.4 is 10.1 Å². The number of fused-ring (bicyclic) bond motifs is 2. The molecule has 1 unspecified atom stereocenters. The highest BCUT2D eigenvalue weighted by Crippen LogP contribution is 2.35. The summed E-state index contributed by atoms with van der Waals surface area (Å²) in [7, 11) is 0. The maximum atomic E-state index is 11.4. The van der Waals surface area contributed by atoms with Crippen LogP contribution in [0.3, 0.4) is 0 Å². The van der Waals surface area contributed by atoms with Crippen molar-refractivity contribution < 1.29 is 14.6 Å². The van der Waals surface area contributed by atoms with Crippen molar-refractivity contribution in [2.75, 3.05) is 18.5 Å². The zero-order valence-corrected chi connectivity index (χ0v) is 16.8. The van der Waals surface area contributed by atoms with Crippen LogP contribution in [0.1, 0.15) is 41.0 Å². The zero-order valence-electron chi connectivity index (χ0n) is 16.8. The minimum atomic E-state index is -0.757. The van der Waals surface area contributed by atoms with Crippen LogP contribution in [-0.2, 0) is 17.6 Å². The molecule has 0 saturated carbocycles. The average molecular weight is 403 g/mol. The van der Waals surface area contributed by atoms with Crippen molar-refractivity contribution in [1.29, 1.82) is 0 Å². The summed E-state index contributed by atoms with van der Waals surface area (Å²) in [5.41, 5.74) is 4.76. The van der Waals surface area contributed by atoms with Gasteiger partial charge in [0.15, 0.2) is 0 Å². The van der Waals surface area contributed by atoms with E-state index in [4.69, 9.17) is 4.74 Å². The maximum Gasteiger partial charge on any atom is 0.303 e. The highest BCUT2D eigenvalue weighted by atomic mass is 16.5. The number of benzene rings is 2. The number of nitrogens with zero attached hydrogens (tertiary/aromatic N) is 2. The van der Waals surface area contributed by atoms with Crippen LogP contribution in [0.15, 0.2) is 60.9 Å². The first-order chi connectivity index (χ1) is 14.7. The van der Waals surface area contributed by atoms with Gasteiger partial charge in [-0.2, -0.15) is 0 Å². The molecule has 3 aromatic rings. The zero-order chi connectivity index (χ0) is 20.8. The van der Waals surface area contributed by atoms with Crippen molar-refractivity contribution in [3.63, 3.8) is 0 Å². The van der Waals surface area contributed by atoms with E-state index in [0.717, 1.165) is 37.1 Å². The summed E-state index contributed by atoms with van der Waals surface area (Å²) in [6, 6.07) is 16.1. The molecule has 1 aliphatic carbocycles. The third kappa shape index (κ3) is 4.95. The monoisotopic (exact) mass is 403 g/mol. The SMILES string of the molecule is O=C(O)CC1Cc2ccc(OCCCNc3ncccn3)cc2Cc2ccccc21. The van der Waals surface area contributed by atoms with Crippen LogP contribution in [0.2, 0.25) is 0 Å². The van der Waals surface area contributed by atoms with Crippen molar-refractivity contribution in [3.05, 3.63) is 83.2 Å². The number of ether oxygens (including phenoxy) is 1. The van der Waals surface area contributed by atoms with E-state index in [2.05, 4.69) is 39.6 Å². The molecule has 154 valence electrons. The lowest BCUT2D eigenvalue weighted by Crippen LogP contribution is -2.10. The molecule has 0 radical (unpaired) electrons. The molecule has 1 aromatic heterocycles. The Balaban J connectivity index is 1.40. The second-order valence-corrected chi connectivity index (χ2v) is 7.51. The molecular formula is C24H25N3O3. The van der Waals surface area contributed by atoms with Crippen LogP contribution in [-0.4, -0.2) is 34.2 Å². The van der Waals surface area contributed by atoms with Gasteiger partial charge in [-0.3, -0.25) is 4.79 Å². The average Bonchev–Trinajstić information content (AvgIpc) is 2.90. The lowest BCUT2D eigenvalue weighted by atomic mass is 9.89. The number of carboxylic acid groups (broad SMARTS) is 1. The minimum absolute atomic E-state index is 0.00185. The van der Waals surface area contributed by atoms with E-state index >= 15 is 0 Å². The van der Waals surface area contributed by atoms with Crippen LogP contribution in [0.25, 0.3) is 0 Å². The van der Waals surface area contributed by atoms with E-state index in [1.165, 1.54) is 16.7 Å². The fourth-order valence-corrected chi connectivity index (χ4v) is 3.98. The standard InChI is InChI=1S/C24H25N3O3/c28-23(29)16-20-13-17-7-8-21(15-19(17)14-18-5-1-2-6-22(18)20)30-12-4-11-27-24-25-9-3-10-26-24/h1-3,5-10,15,20H,4,11-14,16H2,(H,28,29)(H,25,26,27). The number of carboxylic acids is 1. The Labute approximate surface area is 176 Å². The quantitative estimate of drug-likeness (QED) is 0.552. The summed E-state index contributed by atoms with van der Waals surface area (Å²) in [6.07, 6.45) is 5.93. The fraction of sp³-hybridized carbons (Fsp3) is 0.292. The number of nitrogens with one attached hydrogen (secondary N) is 1. The van der Waals surface area contributed by atoms with Gasteiger partial charge >= 0.3 is 5.97 Å². The normalized spacial score (nSPS) is 14.9. The minimum Gasteiger partial charge on any atom is -0.494 e. The first kappa shape index (κ1) is 19.9. The van der Waals surface area contributed by atoms with Gasteiger partial charge in [0.05, 0.1) is 13.0 Å². The van der Waals surface area contributed by atoms with Gasteiger partial charge in [-0.1, -0.05) is 30.3 Å². The lowest BCUT2D eigenvalue weighted by molar-refractivity contribution is -0.137. The van der Waals surface area contributed by atoms with Crippen molar-refractivity contribution in [2.45, 2.75) is 31.6 Å². The van der Waals surface area contributed by atoms with E-state index in [1.54, 1.807) is 18.5 Å². The molecule has 0 fully saturated rings. The number of rotatable bonds is 8. The van der Waals surface area contributed by atoms with E-state index in [1.807, 2.05) is 18.2 Å². The highest BCUT2D eigenvalue weighted by Gasteiger charge is 2.24. The first-order valence-corrected chi connectivity index (χ1v) is 10.2. The molecule has 4 rings (SSSR count). The van der Waals surface area contributed by atoms with Gasteiger partial charge in [-0.15, -0.1) is 0 Å². The van der Waals surface area contributed by atoms with E-state index in [9.17, 15) is 9.90 Å².